The molecule has 0 spiro atoms. The van der Waals surface area contributed by atoms with Crippen molar-refractivity contribution in [3.63, 3.8) is 0 Å². The Morgan fingerprint density at radius 2 is 1.74 bits per heavy atom. The summed E-state index contributed by atoms with van der Waals surface area (Å²) in [6.07, 6.45) is 8.70. The maximum atomic E-state index is 12.4. The number of hydrogen-bond acceptors (Lipinski definition) is 3. The van der Waals surface area contributed by atoms with Gasteiger partial charge in [-0.1, -0.05) is 31.9 Å². The number of carbonyl (C=O) groups excluding carboxylic acids is 1. The number of likely N-dealkylation sites (tertiary alicyclic amines) is 1. The predicted molar refractivity (Wildman–Crippen MR) is 114 cm³/mol. The number of piperidine rings is 1. The number of urea groups is 1. The molecule has 0 saturated carbocycles. The number of anilines is 2. The molecule has 2 heterocycles. The molecular formula is C22H36N4O. The highest BCUT2D eigenvalue weighted by molar-refractivity contribution is 5.93. The molecule has 0 bridgehead atoms. The van der Waals surface area contributed by atoms with Crippen molar-refractivity contribution in [3.8, 4) is 0 Å². The summed E-state index contributed by atoms with van der Waals surface area (Å²) in [6, 6.07) is 8.09. The minimum atomic E-state index is -0.0930. The molecule has 2 aliphatic heterocycles. The van der Waals surface area contributed by atoms with Crippen molar-refractivity contribution in [2.45, 2.75) is 51.9 Å². The first-order chi connectivity index (χ1) is 13.2. The quantitative estimate of drug-likeness (QED) is 0.732. The SMILES string of the molecule is CC1CCN(CCCNC(=O)Nc2ccccc2N2CCCCCC2)CC1. The number of benzene rings is 1. The van der Waals surface area contributed by atoms with Crippen LogP contribution in [0.1, 0.15) is 51.9 Å². The van der Waals surface area contributed by atoms with E-state index in [4.69, 9.17) is 0 Å². The molecule has 0 aliphatic carbocycles. The fourth-order valence-electron chi connectivity index (χ4n) is 4.12. The number of hydrogen-bond donors (Lipinski definition) is 2. The fourth-order valence-corrected chi connectivity index (χ4v) is 4.12. The van der Waals surface area contributed by atoms with Gasteiger partial charge in [0.15, 0.2) is 0 Å². The van der Waals surface area contributed by atoms with Crippen molar-refractivity contribution in [1.82, 2.24) is 10.2 Å². The molecule has 2 saturated heterocycles. The van der Waals surface area contributed by atoms with Gasteiger partial charge in [-0.25, -0.2) is 4.79 Å². The van der Waals surface area contributed by atoms with Crippen molar-refractivity contribution in [3.05, 3.63) is 24.3 Å². The van der Waals surface area contributed by atoms with Crippen molar-refractivity contribution < 1.29 is 4.79 Å². The third-order valence-electron chi connectivity index (χ3n) is 5.91. The van der Waals surface area contributed by atoms with Crippen molar-refractivity contribution >= 4 is 17.4 Å². The summed E-state index contributed by atoms with van der Waals surface area (Å²) >= 11 is 0. The second-order valence-corrected chi connectivity index (χ2v) is 8.18. The van der Waals surface area contributed by atoms with E-state index in [1.165, 1.54) is 51.6 Å². The molecule has 2 N–H and O–H groups in total. The Morgan fingerprint density at radius 3 is 2.48 bits per heavy atom. The number of carbonyl (C=O) groups is 1. The monoisotopic (exact) mass is 372 g/mol. The molecule has 2 fully saturated rings. The smallest absolute Gasteiger partial charge is 0.319 e. The van der Waals surface area contributed by atoms with Crippen LogP contribution in [-0.4, -0.2) is 50.2 Å². The van der Waals surface area contributed by atoms with Crippen LogP contribution in [0.5, 0.6) is 0 Å². The number of nitrogens with one attached hydrogen (secondary N) is 2. The summed E-state index contributed by atoms with van der Waals surface area (Å²) in [7, 11) is 0. The standard InChI is InChI=1S/C22H36N4O/c1-19-11-17-25(18-12-19)14-8-13-23-22(27)24-20-9-4-5-10-21(20)26-15-6-2-3-7-16-26/h4-5,9-10,19H,2-3,6-8,11-18H2,1H3,(H2,23,24,27). The first-order valence-electron chi connectivity index (χ1n) is 10.8. The number of para-hydroxylation sites is 2. The number of amides is 2. The van der Waals surface area contributed by atoms with Gasteiger partial charge in [-0.15, -0.1) is 0 Å². The van der Waals surface area contributed by atoms with Gasteiger partial charge in [0, 0.05) is 19.6 Å². The van der Waals surface area contributed by atoms with Crippen molar-refractivity contribution in [1.29, 1.82) is 0 Å². The zero-order chi connectivity index (χ0) is 18.9. The molecule has 1 aromatic rings. The summed E-state index contributed by atoms with van der Waals surface area (Å²) in [6.45, 7) is 8.71. The Morgan fingerprint density at radius 1 is 1.04 bits per heavy atom. The van der Waals surface area contributed by atoms with Crippen molar-refractivity contribution in [2.75, 3.05) is 49.5 Å². The Balaban J connectivity index is 1.42. The van der Waals surface area contributed by atoms with E-state index in [0.717, 1.165) is 49.9 Å². The Kier molecular flexibility index (Phi) is 7.81. The molecule has 5 heteroatoms. The number of nitrogens with zero attached hydrogens (tertiary/aromatic N) is 2. The lowest BCUT2D eigenvalue weighted by molar-refractivity contribution is 0.190. The van der Waals surface area contributed by atoms with Crippen LogP contribution in [0.4, 0.5) is 16.2 Å². The topological polar surface area (TPSA) is 47.6 Å². The van der Waals surface area contributed by atoms with E-state index in [9.17, 15) is 4.79 Å². The van der Waals surface area contributed by atoms with E-state index in [1.54, 1.807) is 0 Å². The summed E-state index contributed by atoms with van der Waals surface area (Å²) in [4.78, 5) is 17.3. The van der Waals surface area contributed by atoms with Gasteiger partial charge in [-0.2, -0.15) is 0 Å². The van der Waals surface area contributed by atoms with Crippen molar-refractivity contribution in [2.24, 2.45) is 5.92 Å². The van der Waals surface area contributed by atoms with E-state index in [1.807, 2.05) is 12.1 Å². The Bertz CT molecular complexity index is 575. The third-order valence-corrected chi connectivity index (χ3v) is 5.91. The van der Waals surface area contributed by atoms with E-state index >= 15 is 0 Å². The van der Waals surface area contributed by atoms with Gasteiger partial charge in [-0.05, 0) is 69.8 Å². The van der Waals surface area contributed by atoms with Crippen LogP contribution >= 0.6 is 0 Å². The summed E-state index contributed by atoms with van der Waals surface area (Å²) < 4.78 is 0. The Labute approximate surface area is 164 Å². The molecule has 3 rings (SSSR count). The van der Waals surface area contributed by atoms with E-state index in [0.29, 0.717) is 0 Å². The van der Waals surface area contributed by atoms with Crippen LogP contribution in [0.25, 0.3) is 0 Å². The highest BCUT2D eigenvalue weighted by Crippen LogP contribution is 2.27. The molecule has 0 radical (unpaired) electrons. The lowest BCUT2D eigenvalue weighted by Gasteiger charge is -2.30. The van der Waals surface area contributed by atoms with Gasteiger partial charge < -0.3 is 20.4 Å². The molecule has 27 heavy (non-hydrogen) atoms. The van der Waals surface area contributed by atoms with E-state index in [2.05, 4.69) is 39.5 Å². The molecule has 2 aliphatic rings. The first kappa shape index (κ1) is 20.0. The Hall–Kier alpha value is -1.75. The average Bonchev–Trinajstić information content (AvgIpc) is 2.96. The van der Waals surface area contributed by atoms with Crippen LogP contribution in [0.2, 0.25) is 0 Å². The molecule has 0 aromatic heterocycles. The normalized spacial score (nSPS) is 19.5. The van der Waals surface area contributed by atoms with Crippen LogP contribution in [-0.2, 0) is 0 Å². The zero-order valence-corrected chi connectivity index (χ0v) is 16.9. The number of rotatable bonds is 6. The second-order valence-electron chi connectivity index (χ2n) is 8.18. The zero-order valence-electron chi connectivity index (χ0n) is 16.9. The predicted octanol–water partition coefficient (Wildman–Crippen LogP) is 4.31. The van der Waals surface area contributed by atoms with Gasteiger partial charge >= 0.3 is 6.03 Å². The van der Waals surface area contributed by atoms with Gasteiger partial charge in [0.25, 0.3) is 0 Å². The fraction of sp³-hybridized carbons (Fsp3) is 0.682. The first-order valence-corrected chi connectivity index (χ1v) is 10.8. The molecule has 1 aromatic carbocycles. The molecule has 2 amide bonds. The molecule has 0 unspecified atom stereocenters. The summed E-state index contributed by atoms with van der Waals surface area (Å²) in [5.74, 6) is 0.870. The summed E-state index contributed by atoms with van der Waals surface area (Å²) in [5.41, 5.74) is 2.07. The van der Waals surface area contributed by atoms with E-state index in [-0.39, 0.29) is 6.03 Å². The van der Waals surface area contributed by atoms with Crippen LogP contribution < -0.4 is 15.5 Å². The van der Waals surface area contributed by atoms with E-state index < -0.39 is 0 Å². The minimum absolute atomic E-state index is 0.0930. The highest BCUT2D eigenvalue weighted by Gasteiger charge is 2.16. The minimum Gasteiger partial charge on any atom is -0.370 e. The maximum Gasteiger partial charge on any atom is 0.319 e. The largest absolute Gasteiger partial charge is 0.370 e. The van der Waals surface area contributed by atoms with Gasteiger partial charge in [0.05, 0.1) is 11.4 Å². The molecule has 0 atom stereocenters. The highest BCUT2D eigenvalue weighted by atomic mass is 16.2. The van der Waals surface area contributed by atoms with Crippen LogP contribution in [0, 0.1) is 5.92 Å². The van der Waals surface area contributed by atoms with Gasteiger partial charge in [0.1, 0.15) is 0 Å². The van der Waals surface area contributed by atoms with Crippen LogP contribution in [0.3, 0.4) is 0 Å². The van der Waals surface area contributed by atoms with Gasteiger partial charge in [0.2, 0.25) is 0 Å². The average molecular weight is 373 g/mol. The molecule has 150 valence electrons. The third kappa shape index (κ3) is 6.42. The maximum absolute atomic E-state index is 12.4. The molecule has 5 nitrogen and oxygen atoms in total. The van der Waals surface area contributed by atoms with Crippen LogP contribution in [0.15, 0.2) is 24.3 Å². The molecular weight excluding hydrogens is 336 g/mol. The second kappa shape index (κ2) is 10.5. The lowest BCUT2D eigenvalue weighted by Crippen LogP contribution is -2.36. The lowest BCUT2D eigenvalue weighted by atomic mass is 9.99. The summed E-state index contributed by atoms with van der Waals surface area (Å²) in [5, 5.41) is 6.09. The van der Waals surface area contributed by atoms with Gasteiger partial charge in [-0.3, -0.25) is 0 Å².